The number of fused-ring (bicyclic) bond motifs is 2. The summed E-state index contributed by atoms with van der Waals surface area (Å²) in [5, 5.41) is 1.03. The highest BCUT2D eigenvalue weighted by Gasteiger charge is 3.05. The molecular formula is C15H18Br2. The number of hydrogen-bond acceptors (Lipinski definition) is 0. The summed E-state index contributed by atoms with van der Waals surface area (Å²) in [4.78, 5) is 0. The summed E-state index contributed by atoms with van der Waals surface area (Å²) in [6, 6.07) is 0. The molecule has 0 radical (unpaired) electrons. The zero-order valence-electron chi connectivity index (χ0n) is 10.1. The van der Waals surface area contributed by atoms with E-state index >= 15 is 0 Å². The van der Waals surface area contributed by atoms with Crippen LogP contribution in [0.1, 0.15) is 38.5 Å². The molecule has 0 N–H and O–H groups in total. The zero-order chi connectivity index (χ0) is 11.7. The maximum absolute atomic E-state index is 4.37. The molecule has 5 fully saturated rings. The summed E-state index contributed by atoms with van der Waals surface area (Å²) in [7, 11) is 0. The lowest BCUT2D eigenvalue weighted by Crippen LogP contribution is -2.04. The average Bonchev–Trinajstić information content (AvgIpc) is 3.16. The van der Waals surface area contributed by atoms with Crippen LogP contribution in [0.5, 0.6) is 0 Å². The molecule has 0 heterocycles. The number of rotatable bonds is 3. The molecule has 92 valence electrons. The van der Waals surface area contributed by atoms with Crippen LogP contribution in [-0.2, 0) is 0 Å². The number of halogens is 2. The van der Waals surface area contributed by atoms with Gasteiger partial charge < -0.3 is 0 Å². The smallest absolute Gasteiger partial charge is 0.0298 e. The van der Waals surface area contributed by atoms with Crippen LogP contribution < -0.4 is 0 Å². The molecule has 3 atom stereocenters. The van der Waals surface area contributed by atoms with E-state index in [9.17, 15) is 0 Å². The van der Waals surface area contributed by atoms with Gasteiger partial charge in [0.25, 0.3) is 0 Å². The molecule has 0 aliphatic heterocycles. The normalized spacial score (nSPS) is 51.6. The first-order valence-corrected chi connectivity index (χ1v) is 8.93. The largest absolute Gasteiger partial charge is 0.0987 e. The van der Waals surface area contributed by atoms with Crippen LogP contribution in [0.4, 0.5) is 0 Å². The molecule has 0 nitrogen and oxygen atoms in total. The van der Waals surface area contributed by atoms with Gasteiger partial charge in [0.1, 0.15) is 0 Å². The summed E-state index contributed by atoms with van der Waals surface area (Å²) in [6.45, 7) is 4.37. The van der Waals surface area contributed by atoms with E-state index in [0.717, 1.165) is 33.4 Å². The van der Waals surface area contributed by atoms with Crippen molar-refractivity contribution in [3.8, 4) is 0 Å². The topological polar surface area (TPSA) is 0 Å². The summed E-state index contributed by atoms with van der Waals surface area (Å²) in [6.07, 6.45) is 8.93. The fraction of sp³-hybridized carbons (Fsp3) is 0.867. The molecule has 0 bridgehead atoms. The van der Waals surface area contributed by atoms with Gasteiger partial charge in [-0.15, -0.1) is 0 Å². The van der Waals surface area contributed by atoms with Crippen LogP contribution in [0.25, 0.3) is 0 Å². The maximum atomic E-state index is 4.37. The number of alkyl halides is 2. The fourth-order valence-electron chi connectivity index (χ4n) is 6.25. The lowest BCUT2D eigenvalue weighted by atomic mass is 10.1. The van der Waals surface area contributed by atoms with Gasteiger partial charge in [-0.05, 0) is 66.6 Å². The monoisotopic (exact) mass is 356 g/mol. The lowest BCUT2D eigenvalue weighted by Gasteiger charge is -2.04. The molecule has 0 saturated heterocycles. The van der Waals surface area contributed by atoms with Crippen LogP contribution in [-0.4, -0.2) is 9.65 Å². The molecule has 3 spiro atoms. The molecule has 5 saturated carbocycles. The van der Waals surface area contributed by atoms with Crippen molar-refractivity contribution in [1.29, 1.82) is 0 Å². The molecular weight excluding hydrogens is 340 g/mol. The first kappa shape index (κ1) is 10.5. The Bertz CT molecular complexity index is 454. The second-order valence-corrected chi connectivity index (χ2v) is 9.51. The van der Waals surface area contributed by atoms with Gasteiger partial charge >= 0.3 is 0 Å². The predicted octanol–water partition coefficient (Wildman–Crippen LogP) is 4.67. The van der Waals surface area contributed by atoms with Crippen molar-refractivity contribution in [1.82, 2.24) is 0 Å². The van der Waals surface area contributed by atoms with Gasteiger partial charge in [0.2, 0.25) is 0 Å². The average molecular weight is 358 g/mol. The summed E-state index contributed by atoms with van der Waals surface area (Å²) in [5.41, 5.74) is 3.79. The predicted molar refractivity (Wildman–Crippen MR) is 76.6 cm³/mol. The van der Waals surface area contributed by atoms with Crippen LogP contribution in [0.3, 0.4) is 0 Å². The van der Waals surface area contributed by atoms with Crippen LogP contribution in [0.15, 0.2) is 12.2 Å². The van der Waals surface area contributed by atoms with Crippen molar-refractivity contribution in [2.45, 2.75) is 42.8 Å². The second kappa shape index (κ2) is 2.49. The molecule has 2 heteroatoms. The van der Waals surface area contributed by atoms with Gasteiger partial charge in [0.15, 0.2) is 0 Å². The Labute approximate surface area is 120 Å². The summed E-state index contributed by atoms with van der Waals surface area (Å²) in [5.74, 6) is 1.91. The van der Waals surface area contributed by atoms with Gasteiger partial charge in [0.05, 0.1) is 0 Å². The first-order chi connectivity index (χ1) is 8.09. The Balaban J connectivity index is 1.58. The van der Waals surface area contributed by atoms with E-state index < -0.39 is 0 Å². The molecule has 17 heavy (non-hydrogen) atoms. The standard InChI is InChI=1S/C15H18Br2/c1-9(8-16)10-12(2-3-12)15(10)11(13(15)4-5-13)14(17)6-7-14/h10-11H,1-8H2/t10?,11-,15?/m0/s1. The van der Waals surface area contributed by atoms with Crippen molar-refractivity contribution in [2.24, 2.45) is 28.1 Å². The Morgan fingerprint density at radius 1 is 1.06 bits per heavy atom. The van der Waals surface area contributed by atoms with E-state index in [-0.39, 0.29) is 0 Å². The first-order valence-electron chi connectivity index (χ1n) is 7.02. The third-order valence-corrected chi connectivity index (χ3v) is 8.87. The van der Waals surface area contributed by atoms with Crippen molar-refractivity contribution < 1.29 is 0 Å². The highest BCUT2D eigenvalue weighted by atomic mass is 79.9. The highest BCUT2D eigenvalue weighted by molar-refractivity contribution is 9.10. The molecule has 0 aromatic carbocycles. The molecule has 0 amide bonds. The number of allylic oxidation sites excluding steroid dienone is 1. The summed E-state index contributed by atoms with van der Waals surface area (Å²) >= 11 is 7.73. The third-order valence-electron chi connectivity index (χ3n) is 6.90. The van der Waals surface area contributed by atoms with Crippen LogP contribution in [0, 0.1) is 28.1 Å². The van der Waals surface area contributed by atoms with Crippen LogP contribution >= 0.6 is 31.9 Å². The fourth-order valence-corrected chi connectivity index (χ4v) is 7.58. The van der Waals surface area contributed by atoms with E-state index in [1.54, 1.807) is 0 Å². The van der Waals surface area contributed by atoms with Crippen molar-refractivity contribution in [3.05, 3.63) is 12.2 Å². The van der Waals surface area contributed by atoms with Gasteiger partial charge in [-0.2, -0.15) is 0 Å². The highest BCUT2D eigenvalue weighted by Crippen LogP contribution is 3.09. The molecule has 5 aliphatic carbocycles. The van der Waals surface area contributed by atoms with E-state index in [2.05, 4.69) is 38.4 Å². The molecule has 0 aromatic heterocycles. The van der Waals surface area contributed by atoms with Crippen molar-refractivity contribution in [2.75, 3.05) is 5.33 Å². The third kappa shape index (κ3) is 0.836. The minimum Gasteiger partial charge on any atom is -0.0987 e. The SMILES string of the molecule is C=C(CBr)C1C2(CC2)C12[C@H](C1(Br)CC1)C21CC1. The van der Waals surface area contributed by atoms with E-state index in [1.165, 1.54) is 44.1 Å². The Kier molecular flexibility index (Phi) is 1.53. The van der Waals surface area contributed by atoms with Crippen LogP contribution in [0.2, 0.25) is 0 Å². The Morgan fingerprint density at radius 3 is 2.06 bits per heavy atom. The quantitative estimate of drug-likeness (QED) is 0.508. The maximum Gasteiger partial charge on any atom is 0.0298 e. The van der Waals surface area contributed by atoms with Gasteiger partial charge in [-0.1, -0.05) is 44.0 Å². The van der Waals surface area contributed by atoms with Gasteiger partial charge in [-0.3, -0.25) is 0 Å². The Morgan fingerprint density at radius 2 is 1.65 bits per heavy atom. The molecule has 5 aliphatic rings. The lowest BCUT2D eigenvalue weighted by molar-refractivity contribution is 0.591. The number of hydrogen-bond donors (Lipinski definition) is 0. The molecule has 5 rings (SSSR count). The molecule has 0 aromatic rings. The minimum absolute atomic E-state index is 0.570. The van der Waals surface area contributed by atoms with Crippen molar-refractivity contribution >= 4 is 31.9 Å². The Hall–Kier alpha value is 0.700. The van der Waals surface area contributed by atoms with Gasteiger partial charge in [0, 0.05) is 9.65 Å². The van der Waals surface area contributed by atoms with Gasteiger partial charge in [-0.25, -0.2) is 0 Å². The van der Waals surface area contributed by atoms with E-state index in [0.29, 0.717) is 4.32 Å². The van der Waals surface area contributed by atoms with E-state index in [4.69, 9.17) is 0 Å². The minimum atomic E-state index is 0.570. The van der Waals surface area contributed by atoms with E-state index in [1.807, 2.05) is 0 Å². The second-order valence-electron chi connectivity index (χ2n) is 7.37. The molecule has 2 unspecified atom stereocenters. The van der Waals surface area contributed by atoms with Crippen molar-refractivity contribution in [3.63, 3.8) is 0 Å². The zero-order valence-corrected chi connectivity index (χ0v) is 13.2. The summed E-state index contributed by atoms with van der Waals surface area (Å²) < 4.78 is 0.570.